The maximum absolute atomic E-state index is 11.7. The number of imide groups is 1. The molecular weight excluding hydrogens is 334 g/mol. The van der Waals surface area contributed by atoms with E-state index in [1.807, 2.05) is 19.1 Å². The van der Waals surface area contributed by atoms with Crippen molar-refractivity contribution in [1.82, 2.24) is 10.6 Å². The minimum atomic E-state index is -0.141. The fraction of sp³-hybridized carbons (Fsp3) is 0.474. The molecule has 0 bridgehead atoms. The number of carbonyl (C=O) groups is 4. The van der Waals surface area contributed by atoms with Gasteiger partial charge in [0.2, 0.25) is 11.8 Å². The lowest BCUT2D eigenvalue weighted by atomic mass is 10.0. The summed E-state index contributed by atoms with van der Waals surface area (Å²) in [5.74, 6) is -0.312. The first-order valence-electron chi connectivity index (χ1n) is 8.82. The number of carbonyl (C=O) groups excluding carboxylic acids is 4. The molecule has 7 heteroatoms. The number of piperazine rings is 1. The molecule has 3 rings (SSSR count). The van der Waals surface area contributed by atoms with Crippen LogP contribution in [-0.4, -0.2) is 50.1 Å². The van der Waals surface area contributed by atoms with Crippen LogP contribution >= 0.6 is 0 Å². The van der Waals surface area contributed by atoms with Crippen LogP contribution in [0.5, 0.6) is 0 Å². The molecule has 0 saturated carbocycles. The predicted molar refractivity (Wildman–Crippen MR) is 98.5 cm³/mol. The molecule has 0 radical (unpaired) electrons. The summed E-state index contributed by atoms with van der Waals surface area (Å²) in [6.07, 6.45) is 1.94. The summed E-state index contributed by atoms with van der Waals surface area (Å²) in [6.45, 7) is 6.87. The van der Waals surface area contributed by atoms with Crippen molar-refractivity contribution in [2.45, 2.75) is 26.7 Å². The molecule has 2 N–H and O–H groups in total. The van der Waals surface area contributed by atoms with E-state index >= 15 is 0 Å². The lowest BCUT2D eigenvalue weighted by Crippen LogP contribution is -2.44. The van der Waals surface area contributed by atoms with Crippen molar-refractivity contribution in [3.05, 3.63) is 29.3 Å². The highest BCUT2D eigenvalue weighted by Crippen LogP contribution is 2.24. The lowest BCUT2D eigenvalue weighted by molar-refractivity contribution is -0.135. The highest BCUT2D eigenvalue weighted by molar-refractivity contribution is 6.06. The monoisotopic (exact) mass is 359 g/mol. The molecule has 1 atom stereocenters. The summed E-state index contributed by atoms with van der Waals surface area (Å²) < 4.78 is 0. The zero-order valence-electron chi connectivity index (χ0n) is 15.2. The average Bonchev–Trinajstić information content (AvgIpc) is 2.65. The number of hydrogen-bond donors (Lipinski definition) is 2. The number of hydrogen-bond acceptors (Lipinski definition) is 6. The first kappa shape index (κ1) is 19.8. The zero-order chi connectivity index (χ0) is 19.1. The summed E-state index contributed by atoms with van der Waals surface area (Å²) in [5.41, 5.74) is 1.90. The van der Waals surface area contributed by atoms with Crippen LogP contribution in [0, 0.1) is 5.92 Å². The van der Waals surface area contributed by atoms with Gasteiger partial charge >= 0.3 is 0 Å². The Balaban J connectivity index is 0.000000228. The fourth-order valence-corrected chi connectivity index (χ4v) is 3.01. The van der Waals surface area contributed by atoms with Gasteiger partial charge in [-0.3, -0.25) is 24.5 Å². The van der Waals surface area contributed by atoms with Gasteiger partial charge in [0.05, 0.1) is 5.56 Å². The van der Waals surface area contributed by atoms with Gasteiger partial charge in [-0.05, 0) is 19.4 Å². The van der Waals surface area contributed by atoms with Crippen LogP contribution in [0.4, 0.5) is 5.69 Å². The molecule has 1 unspecified atom stereocenters. The zero-order valence-corrected chi connectivity index (χ0v) is 15.2. The molecule has 1 aromatic rings. The summed E-state index contributed by atoms with van der Waals surface area (Å²) >= 11 is 0. The van der Waals surface area contributed by atoms with Gasteiger partial charge in [0.25, 0.3) is 0 Å². The van der Waals surface area contributed by atoms with Crippen LogP contribution < -0.4 is 15.5 Å². The predicted octanol–water partition coefficient (Wildman–Crippen LogP) is 1.17. The summed E-state index contributed by atoms with van der Waals surface area (Å²) in [6, 6.07) is 5.43. The number of piperidine rings is 1. The van der Waals surface area contributed by atoms with Crippen LogP contribution in [0.2, 0.25) is 0 Å². The topological polar surface area (TPSA) is 95.6 Å². The van der Waals surface area contributed by atoms with Crippen LogP contribution in [0.3, 0.4) is 0 Å². The van der Waals surface area contributed by atoms with Gasteiger partial charge in [-0.2, -0.15) is 0 Å². The Morgan fingerprint density at radius 2 is 1.92 bits per heavy atom. The third-order valence-electron chi connectivity index (χ3n) is 4.53. The van der Waals surface area contributed by atoms with Crippen molar-refractivity contribution >= 4 is 29.6 Å². The van der Waals surface area contributed by atoms with E-state index in [9.17, 15) is 19.2 Å². The summed E-state index contributed by atoms with van der Waals surface area (Å²) in [7, 11) is 0. The van der Waals surface area contributed by atoms with E-state index in [0.29, 0.717) is 24.0 Å². The van der Waals surface area contributed by atoms with Crippen molar-refractivity contribution < 1.29 is 19.2 Å². The molecule has 2 amide bonds. The van der Waals surface area contributed by atoms with Crippen LogP contribution in [0.25, 0.3) is 0 Å². The lowest BCUT2D eigenvalue weighted by Gasteiger charge is -2.31. The molecular formula is C19H25N3O4. The molecule has 2 aliphatic rings. The number of aldehydes is 1. The Hall–Kier alpha value is -2.54. The van der Waals surface area contributed by atoms with Crippen molar-refractivity contribution in [2.75, 3.05) is 31.1 Å². The maximum Gasteiger partial charge on any atom is 0.229 e. The smallest absolute Gasteiger partial charge is 0.229 e. The third kappa shape index (κ3) is 4.98. The van der Waals surface area contributed by atoms with Gasteiger partial charge < -0.3 is 10.2 Å². The third-order valence-corrected chi connectivity index (χ3v) is 4.53. The highest BCUT2D eigenvalue weighted by Gasteiger charge is 2.21. The minimum absolute atomic E-state index is 0.0164. The van der Waals surface area contributed by atoms with E-state index in [2.05, 4.69) is 15.5 Å². The van der Waals surface area contributed by atoms with Gasteiger partial charge in [-0.1, -0.05) is 19.1 Å². The SMILES string of the molecule is CC(=O)c1c(C=O)cccc1N1CCNCC1.CC1CCC(=O)NC1=O. The quantitative estimate of drug-likeness (QED) is 0.478. The second-order valence-electron chi connectivity index (χ2n) is 6.50. The second-order valence-corrected chi connectivity index (χ2v) is 6.50. The van der Waals surface area contributed by atoms with Crippen molar-refractivity contribution in [3.63, 3.8) is 0 Å². The standard InChI is InChI=1S/C13H16N2O2.C6H9NO2/c1-10(17)13-11(9-16)3-2-4-12(13)15-7-5-14-6-8-15;1-4-2-3-5(8)7-6(4)9/h2-4,9,14H,5-8H2,1H3;4H,2-3H2,1H3,(H,7,8,9). The Bertz CT molecular complexity index is 696. The highest BCUT2D eigenvalue weighted by atomic mass is 16.2. The normalized spacial score (nSPS) is 19.9. The van der Waals surface area contributed by atoms with Crippen molar-refractivity contribution in [1.29, 1.82) is 0 Å². The van der Waals surface area contributed by atoms with Gasteiger partial charge in [-0.25, -0.2) is 0 Å². The van der Waals surface area contributed by atoms with Gasteiger partial charge in [0.1, 0.15) is 0 Å². The van der Waals surface area contributed by atoms with E-state index in [-0.39, 0.29) is 23.5 Å². The number of amides is 2. The molecule has 0 aliphatic carbocycles. The number of ketones is 1. The molecule has 2 heterocycles. The Morgan fingerprint density at radius 3 is 2.46 bits per heavy atom. The second kappa shape index (κ2) is 9.24. The number of rotatable bonds is 3. The molecule has 1 aromatic carbocycles. The average molecular weight is 359 g/mol. The Labute approximate surface area is 153 Å². The molecule has 140 valence electrons. The van der Waals surface area contributed by atoms with E-state index in [1.165, 1.54) is 6.92 Å². The molecule has 0 aromatic heterocycles. The van der Waals surface area contributed by atoms with Crippen molar-refractivity contribution in [2.24, 2.45) is 5.92 Å². The van der Waals surface area contributed by atoms with E-state index < -0.39 is 0 Å². The molecule has 26 heavy (non-hydrogen) atoms. The van der Waals surface area contributed by atoms with E-state index in [1.54, 1.807) is 6.07 Å². The molecule has 0 spiro atoms. The minimum Gasteiger partial charge on any atom is -0.368 e. The Morgan fingerprint density at radius 1 is 1.23 bits per heavy atom. The van der Waals surface area contributed by atoms with Crippen molar-refractivity contribution in [3.8, 4) is 0 Å². The number of nitrogens with one attached hydrogen (secondary N) is 2. The van der Waals surface area contributed by atoms with Crippen LogP contribution in [0.15, 0.2) is 18.2 Å². The van der Waals surface area contributed by atoms with Gasteiger partial charge in [0, 0.05) is 49.8 Å². The first-order chi connectivity index (χ1) is 12.4. The van der Waals surface area contributed by atoms with E-state index in [4.69, 9.17) is 0 Å². The van der Waals surface area contributed by atoms with Gasteiger partial charge in [0.15, 0.2) is 12.1 Å². The fourth-order valence-electron chi connectivity index (χ4n) is 3.01. The van der Waals surface area contributed by atoms with Gasteiger partial charge in [-0.15, -0.1) is 0 Å². The molecule has 2 fully saturated rings. The molecule has 2 saturated heterocycles. The number of Topliss-reactive ketones (excluding diaryl/α,β-unsaturated/α-hetero) is 1. The first-order valence-corrected chi connectivity index (χ1v) is 8.82. The number of nitrogens with zero attached hydrogens (tertiary/aromatic N) is 1. The Kier molecular flexibility index (Phi) is 7.03. The maximum atomic E-state index is 11.7. The van der Waals surface area contributed by atoms with Crippen LogP contribution in [-0.2, 0) is 9.59 Å². The summed E-state index contributed by atoms with van der Waals surface area (Å²) in [5, 5.41) is 5.52. The van der Waals surface area contributed by atoms with Crippen LogP contribution in [0.1, 0.15) is 47.4 Å². The van der Waals surface area contributed by atoms with E-state index in [0.717, 1.165) is 38.2 Å². The number of benzene rings is 1. The molecule has 7 nitrogen and oxygen atoms in total. The number of anilines is 1. The largest absolute Gasteiger partial charge is 0.368 e. The summed E-state index contributed by atoms with van der Waals surface area (Å²) in [4.78, 5) is 46.0. The molecule has 2 aliphatic heterocycles.